The van der Waals surface area contributed by atoms with E-state index in [1.54, 1.807) is 0 Å². The Balaban J connectivity index is 1.30. The van der Waals surface area contributed by atoms with Gasteiger partial charge in [0.05, 0.1) is 0 Å². The number of rotatable bonds is 3. The third kappa shape index (κ3) is 2.56. The second-order valence-electron chi connectivity index (χ2n) is 6.55. The molecule has 2 aromatic rings. The lowest BCUT2D eigenvalue weighted by Gasteiger charge is -2.54. The van der Waals surface area contributed by atoms with Crippen LogP contribution in [0.15, 0.2) is 42.9 Å². The van der Waals surface area contributed by atoms with Crippen LogP contribution in [-0.2, 0) is 6.54 Å². The fourth-order valence-corrected chi connectivity index (χ4v) is 3.82. The van der Waals surface area contributed by atoms with Crippen LogP contribution in [0.3, 0.4) is 0 Å². The minimum absolute atomic E-state index is 0.575. The van der Waals surface area contributed by atoms with Gasteiger partial charge in [-0.2, -0.15) is 0 Å². The summed E-state index contributed by atoms with van der Waals surface area (Å²) in [5.74, 6) is 1.27. The van der Waals surface area contributed by atoms with Gasteiger partial charge in [-0.1, -0.05) is 6.07 Å². The van der Waals surface area contributed by atoms with E-state index in [0.29, 0.717) is 5.41 Å². The average Bonchev–Trinajstić information content (AvgIpc) is 3.02. The summed E-state index contributed by atoms with van der Waals surface area (Å²) in [5, 5.41) is 0. The molecule has 0 saturated carbocycles. The molecule has 2 aromatic heterocycles. The molecule has 0 atom stereocenters. The van der Waals surface area contributed by atoms with Crippen molar-refractivity contribution < 1.29 is 0 Å². The molecule has 2 aliphatic rings. The molecule has 2 saturated heterocycles. The highest BCUT2D eigenvalue weighted by Gasteiger charge is 2.44. The van der Waals surface area contributed by atoms with Crippen LogP contribution < -0.4 is 4.90 Å². The number of pyridine rings is 1. The average molecular weight is 282 g/mol. The predicted molar refractivity (Wildman–Crippen MR) is 84.2 cm³/mol. The zero-order valence-corrected chi connectivity index (χ0v) is 12.3. The zero-order chi connectivity index (χ0) is 14.1. The van der Waals surface area contributed by atoms with Crippen LogP contribution in [0.1, 0.15) is 18.4 Å². The van der Waals surface area contributed by atoms with E-state index in [4.69, 9.17) is 0 Å². The van der Waals surface area contributed by atoms with Gasteiger partial charge in [0.2, 0.25) is 0 Å². The summed E-state index contributed by atoms with van der Waals surface area (Å²) in [7, 11) is 0. The minimum atomic E-state index is 0.575. The lowest BCUT2D eigenvalue weighted by atomic mass is 9.72. The summed E-state index contributed by atoms with van der Waals surface area (Å²) in [6.07, 6.45) is 8.47. The maximum Gasteiger partial charge on any atom is 0.105 e. The van der Waals surface area contributed by atoms with E-state index < -0.39 is 0 Å². The van der Waals surface area contributed by atoms with Gasteiger partial charge in [-0.3, -0.25) is 9.88 Å². The number of aromatic nitrogens is 2. The number of nitrogens with zero attached hydrogens (tertiary/aromatic N) is 3. The SMILES string of the molecule is c1cncc(CN2CC3(CCN(c4ccc[nH]4)CC3)C2)c1. The van der Waals surface area contributed by atoms with Crippen LogP contribution in [0.5, 0.6) is 0 Å². The normalized spacial score (nSPS) is 21.4. The molecule has 0 aliphatic carbocycles. The van der Waals surface area contributed by atoms with E-state index in [9.17, 15) is 0 Å². The first kappa shape index (κ1) is 12.9. The van der Waals surface area contributed by atoms with Crippen LogP contribution in [0.25, 0.3) is 0 Å². The molecule has 4 heteroatoms. The van der Waals surface area contributed by atoms with E-state index in [0.717, 1.165) is 6.54 Å². The maximum absolute atomic E-state index is 4.20. The van der Waals surface area contributed by atoms with Gasteiger partial charge in [-0.25, -0.2) is 0 Å². The molecule has 0 radical (unpaired) electrons. The number of aromatic amines is 1. The molecule has 21 heavy (non-hydrogen) atoms. The number of H-pyrrole nitrogens is 1. The molecular formula is C17H22N4. The Bertz CT molecular complexity index is 562. The molecule has 1 N–H and O–H groups in total. The van der Waals surface area contributed by atoms with Crippen molar-refractivity contribution in [1.82, 2.24) is 14.9 Å². The Hall–Kier alpha value is -1.81. The van der Waals surface area contributed by atoms with Crippen molar-refractivity contribution in [3.8, 4) is 0 Å². The van der Waals surface area contributed by atoms with Gasteiger partial charge in [0.25, 0.3) is 0 Å². The summed E-state index contributed by atoms with van der Waals surface area (Å²) in [6, 6.07) is 8.46. The van der Waals surface area contributed by atoms with E-state index in [1.165, 1.54) is 50.4 Å². The minimum Gasteiger partial charge on any atom is -0.358 e. The smallest absolute Gasteiger partial charge is 0.105 e. The Labute approximate surface area is 125 Å². The molecular weight excluding hydrogens is 260 g/mol. The molecule has 0 bridgehead atoms. The van der Waals surface area contributed by atoms with E-state index in [-0.39, 0.29) is 0 Å². The fraction of sp³-hybridized carbons (Fsp3) is 0.471. The molecule has 0 amide bonds. The quantitative estimate of drug-likeness (QED) is 0.939. The Morgan fingerprint density at radius 1 is 1.14 bits per heavy atom. The maximum atomic E-state index is 4.20. The molecule has 0 unspecified atom stereocenters. The first-order chi connectivity index (χ1) is 10.3. The van der Waals surface area contributed by atoms with Crippen LogP contribution in [0.4, 0.5) is 5.82 Å². The van der Waals surface area contributed by atoms with Gasteiger partial charge in [-0.15, -0.1) is 0 Å². The van der Waals surface area contributed by atoms with Crippen molar-refractivity contribution >= 4 is 5.82 Å². The van der Waals surface area contributed by atoms with Crippen molar-refractivity contribution in [1.29, 1.82) is 0 Å². The molecule has 4 heterocycles. The van der Waals surface area contributed by atoms with Gasteiger partial charge < -0.3 is 9.88 Å². The van der Waals surface area contributed by atoms with Crippen LogP contribution in [0.2, 0.25) is 0 Å². The second kappa shape index (κ2) is 5.19. The van der Waals surface area contributed by atoms with Crippen molar-refractivity contribution in [2.75, 3.05) is 31.1 Å². The highest BCUT2D eigenvalue weighted by molar-refractivity contribution is 5.39. The fourth-order valence-electron chi connectivity index (χ4n) is 3.82. The van der Waals surface area contributed by atoms with Crippen LogP contribution in [-0.4, -0.2) is 41.0 Å². The molecule has 4 nitrogen and oxygen atoms in total. The summed E-state index contributed by atoms with van der Waals surface area (Å²) in [4.78, 5) is 12.6. The molecule has 1 spiro atoms. The topological polar surface area (TPSA) is 35.2 Å². The van der Waals surface area contributed by atoms with Crippen molar-refractivity contribution in [2.45, 2.75) is 19.4 Å². The molecule has 2 aliphatic heterocycles. The van der Waals surface area contributed by atoms with Gasteiger partial charge in [0.1, 0.15) is 5.82 Å². The molecule has 4 rings (SSSR count). The number of nitrogens with one attached hydrogen (secondary N) is 1. The summed E-state index contributed by atoms with van der Waals surface area (Å²) < 4.78 is 0. The largest absolute Gasteiger partial charge is 0.358 e. The Kier molecular flexibility index (Phi) is 3.19. The number of hydrogen-bond donors (Lipinski definition) is 1. The third-order valence-corrected chi connectivity index (χ3v) is 4.99. The lowest BCUT2D eigenvalue weighted by Crippen LogP contribution is -2.59. The van der Waals surface area contributed by atoms with Crippen molar-refractivity contribution in [2.24, 2.45) is 5.41 Å². The molecule has 2 fully saturated rings. The van der Waals surface area contributed by atoms with Gasteiger partial charge in [0.15, 0.2) is 0 Å². The highest BCUT2D eigenvalue weighted by atomic mass is 15.2. The van der Waals surface area contributed by atoms with E-state index in [1.807, 2.05) is 24.7 Å². The van der Waals surface area contributed by atoms with Crippen molar-refractivity contribution in [3.63, 3.8) is 0 Å². The second-order valence-corrected chi connectivity index (χ2v) is 6.55. The Morgan fingerprint density at radius 2 is 2.00 bits per heavy atom. The summed E-state index contributed by atoms with van der Waals surface area (Å²) >= 11 is 0. The van der Waals surface area contributed by atoms with E-state index >= 15 is 0 Å². The lowest BCUT2D eigenvalue weighted by molar-refractivity contribution is -0.0241. The summed E-state index contributed by atoms with van der Waals surface area (Å²) in [6.45, 7) is 5.92. The van der Waals surface area contributed by atoms with E-state index in [2.05, 4.69) is 38.0 Å². The molecule has 110 valence electrons. The standard InChI is InChI=1S/C17H22N4/c1-3-15(11-18-7-1)12-20-13-17(14-20)5-9-21(10-6-17)16-4-2-8-19-16/h1-4,7-8,11,19H,5-6,9-10,12-14H2. The summed E-state index contributed by atoms with van der Waals surface area (Å²) in [5.41, 5.74) is 1.90. The van der Waals surface area contributed by atoms with Crippen molar-refractivity contribution in [3.05, 3.63) is 48.4 Å². The first-order valence-electron chi connectivity index (χ1n) is 7.83. The third-order valence-electron chi connectivity index (χ3n) is 4.99. The Morgan fingerprint density at radius 3 is 2.67 bits per heavy atom. The van der Waals surface area contributed by atoms with Gasteiger partial charge >= 0.3 is 0 Å². The number of likely N-dealkylation sites (tertiary alicyclic amines) is 1. The zero-order valence-electron chi connectivity index (χ0n) is 12.3. The number of piperidine rings is 1. The number of hydrogen-bond acceptors (Lipinski definition) is 3. The van der Waals surface area contributed by atoms with Crippen LogP contribution >= 0.6 is 0 Å². The monoisotopic (exact) mass is 282 g/mol. The highest BCUT2D eigenvalue weighted by Crippen LogP contribution is 2.41. The first-order valence-corrected chi connectivity index (χ1v) is 7.83. The van der Waals surface area contributed by atoms with Crippen LogP contribution in [0, 0.1) is 5.41 Å². The van der Waals surface area contributed by atoms with Gasteiger partial charge in [0, 0.05) is 51.3 Å². The number of anilines is 1. The van der Waals surface area contributed by atoms with Gasteiger partial charge in [-0.05, 0) is 42.0 Å². The molecule has 0 aromatic carbocycles. The predicted octanol–water partition coefficient (Wildman–Crippen LogP) is 2.51.